The predicted molar refractivity (Wildman–Crippen MR) is 228 cm³/mol. The van der Waals surface area contributed by atoms with Crippen molar-refractivity contribution < 1.29 is 57.8 Å². The van der Waals surface area contributed by atoms with E-state index in [1.54, 1.807) is 0 Å². The van der Waals surface area contributed by atoms with Gasteiger partial charge in [0.05, 0.1) is 0 Å². The van der Waals surface area contributed by atoms with E-state index in [0.717, 1.165) is 24.2 Å². The lowest BCUT2D eigenvalue weighted by Crippen LogP contribution is -2.64. The average molecular weight is 938 g/mol. The number of rotatable bonds is 23. The van der Waals surface area contributed by atoms with Crippen LogP contribution in [0.5, 0.6) is 0 Å². The molecule has 1 aromatic rings. The molecule has 1 aromatic carbocycles. The van der Waals surface area contributed by atoms with Gasteiger partial charge >= 0.3 is 36.1 Å². The Morgan fingerprint density at radius 3 is 1.46 bits per heavy atom. The quantitative estimate of drug-likeness (QED) is 0.0808. The number of carbonyl (C=O) groups excluding carboxylic acids is 1. The van der Waals surface area contributed by atoms with Gasteiger partial charge in [-0.3, -0.25) is 9.53 Å². The van der Waals surface area contributed by atoms with Crippen molar-refractivity contribution in [3.8, 4) is 0 Å². The first kappa shape index (κ1) is 53.4. The van der Waals surface area contributed by atoms with Gasteiger partial charge in [0.25, 0.3) is 0 Å². The molecule has 0 aliphatic carbocycles. The molecule has 328 valence electrons. The van der Waals surface area contributed by atoms with E-state index in [1.807, 2.05) is 0 Å². The summed E-state index contributed by atoms with van der Waals surface area (Å²) in [6.07, 6.45) is -21.0. The second-order valence-corrected chi connectivity index (χ2v) is 52.7. The molecule has 56 heavy (non-hydrogen) atoms. The topological polar surface area (TPSA) is 29.5 Å². The van der Waals surface area contributed by atoms with Gasteiger partial charge in [0.2, 0.25) is 0 Å². The van der Waals surface area contributed by atoms with Crippen molar-refractivity contribution in [2.45, 2.75) is 168 Å². The van der Waals surface area contributed by atoms with Crippen molar-refractivity contribution >= 4 is 70.3 Å². The van der Waals surface area contributed by atoms with E-state index in [0.29, 0.717) is 6.04 Å². The van der Waals surface area contributed by atoms with Gasteiger partial charge in [0, 0.05) is 70.9 Å². The van der Waals surface area contributed by atoms with E-state index in [1.165, 1.54) is 53.0 Å². The number of para-hydroxylation sites is 1. The van der Waals surface area contributed by atoms with Crippen molar-refractivity contribution in [2.75, 3.05) is 11.4 Å². The lowest BCUT2D eigenvalue weighted by atomic mass is 10.2. The second-order valence-electron chi connectivity index (χ2n) is 19.6. The summed E-state index contributed by atoms with van der Waals surface area (Å²) in [5, 5.41) is 0. The molecule has 0 aromatic heterocycles. The fourth-order valence-corrected chi connectivity index (χ4v) is 61.0. The predicted octanol–water partition coefficient (Wildman–Crippen LogP) is 12.6. The lowest BCUT2D eigenvalue weighted by Gasteiger charge is -2.40. The van der Waals surface area contributed by atoms with Crippen LogP contribution in [0, 0.1) is 0 Å². The molecule has 0 bridgehead atoms. The molecule has 0 saturated carbocycles. The zero-order chi connectivity index (χ0) is 44.0. The summed E-state index contributed by atoms with van der Waals surface area (Å²) in [5.41, 5.74) is 5.34. The van der Waals surface area contributed by atoms with Crippen molar-refractivity contribution in [1.82, 2.24) is 0 Å². The molecule has 1 amide bonds. The van der Waals surface area contributed by atoms with Crippen LogP contribution in [0.4, 0.5) is 54.0 Å². The zero-order valence-electron chi connectivity index (χ0n) is 35.3. The Morgan fingerprint density at radius 2 is 1.04 bits per heavy atom. The van der Waals surface area contributed by atoms with Crippen molar-refractivity contribution in [3.63, 3.8) is 0 Å². The molecule has 0 fully saturated rings. The molecule has 0 spiro atoms. The highest BCUT2D eigenvalue weighted by molar-refractivity contribution is 7.01. The summed E-state index contributed by atoms with van der Waals surface area (Å²) in [5.74, 6) is -16.4. The number of amides is 1. The van der Waals surface area contributed by atoms with Crippen molar-refractivity contribution in [3.05, 3.63) is 30.3 Å². The molecule has 0 N–H and O–H groups in total. The highest BCUT2D eigenvalue weighted by Crippen LogP contribution is 2.51. The number of halogens is 11. The Hall–Kier alpha value is -0.602. The monoisotopic (exact) mass is 937 g/mol. The van der Waals surface area contributed by atoms with Gasteiger partial charge < -0.3 is 4.90 Å². The number of benzene rings is 1. The minimum absolute atomic E-state index is 0.00215. The van der Waals surface area contributed by atoms with Crippen LogP contribution in [0.15, 0.2) is 30.3 Å². The Labute approximate surface area is 336 Å². The van der Waals surface area contributed by atoms with Crippen LogP contribution in [0.3, 0.4) is 0 Å². The van der Waals surface area contributed by atoms with E-state index in [4.69, 9.17) is 0 Å². The minimum atomic E-state index is -7.25. The van der Waals surface area contributed by atoms with Gasteiger partial charge in [-0.2, -0.15) is 48.3 Å². The second kappa shape index (κ2) is 19.8. The van der Waals surface area contributed by atoms with E-state index >= 15 is 4.39 Å². The normalized spacial score (nSPS) is 16.4. The molecule has 2 atom stereocenters. The summed E-state index contributed by atoms with van der Waals surface area (Å²) in [7, 11) is -8.93. The summed E-state index contributed by atoms with van der Waals surface area (Å²) in [4.78, 5) is 13.3. The molecule has 0 heterocycles. The summed E-state index contributed by atoms with van der Waals surface area (Å²) in [6, 6.07) is 11.2. The van der Waals surface area contributed by atoms with E-state index in [2.05, 4.69) is 83.3 Å². The van der Waals surface area contributed by atoms with E-state index < -0.39 is 107 Å². The molecule has 21 heteroatoms. The zero-order valence-corrected chi connectivity index (χ0v) is 42.8. The molecule has 0 saturated heterocycles. The maximum Gasteiger partial charge on any atom is 0.462 e. The van der Waals surface area contributed by atoms with Crippen LogP contribution in [0.25, 0.3) is 0 Å². The van der Waals surface area contributed by atoms with Gasteiger partial charge in [-0.05, 0) is 18.6 Å². The first-order valence-corrected chi connectivity index (χ1v) is 42.0. The van der Waals surface area contributed by atoms with Gasteiger partial charge in [-0.25, -0.2) is 0 Å². The Bertz CT molecular complexity index is 1370. The largest absolute Gasteiger partial charge is 0.462 e. The number of ether oxygens (including phenoxy) is 1. The summed E-state index contributed by atoms with van der Waals surface area (Å²) < 4.78 is 154. The molecular weight excluding hydrogens is 872 g/mol. The van der Waals surface area contributed by atoms with Crippen LogP contribution in [-0.4, -0.2) is 101 Å². The third-order valence-corrected chi connectivity index (χ3v) is 48.3. The SMILES string of the molecule is C[SiH](C)C[Si](C)(CC[Si](C)(C[SiH](C)C)C[Si](C)(C)CC[Si](C)(C)CCCN(C(=O)C(F)(OC(F)(F)C(F)(F)C(F)(F)F)C(F)(F)F)c1ccccc1)C[SiH](C)C. The highest BCUT2D eigenvalue weighted by atomic mass is 28.4. The minimum Gasteiger partial charge on any atom is -0.307 e. The van der Waals surface area contributed by atoms with E-state index in [9.17, 15) is 48.7 Å². The first-order chi connectivity index (χ1) is 24.9. The van der Waals surface area contributed by atoms with Crippen molar-refractivity contribution in [2.24, 2.45) is 0 Å². The molecule has 0 aliphatic rings. The number of carbonyl (C=O) groups is 1. The molecule has 1 rings (SSSR count). The van der Waals surface area contributed by atoms with Crippen LogP contribution in [0.1, 0.15) is 6.42 Å². The molecular formula is C35H66F11NO2Si7. The van der Waals surface area contributed by atoms with Crippen LogP contribution in [0.2, 0.25) is 131 Å². The third-order valence-electron chi connectivity index (χ3n) is 10.6. The molecule has 2 unspecified atom stereocenters. The van der Waals surface area contributed by atoms with Gasteiger partial charge in [0.1, 0.15) is 0 Å². The maximum absolute atomic E-state index is 15.5. The lowest BCUT2D eigenvalue weighted by molar-refractivity contribution is -0.472. The molecule has 0 radical (unpaired) electrons. The van der Waals surface area contributed by atoms with Gasteiger partial charge in [-0.1, -0.05) is 150 Å². The smallest absolute Gasteiger partial charge is 0.307 e. The van der Waals surface area contributed by atoms with Gasteiger partial charge in [0.15, 0.2) is 0 Å². The Balaban J connectivity index is 3.26. The van der Waals surface area contributed by atoms with Crippen molar-refractivity contribution in [1.29, 1.82) is 0 Å². The van der Waals surface area contributed by atoms with Crippen LogP contribution >= 0.6 is 0 Å². The fourth-order valence-electron chi connectivity index (χ4n) is 8.63. The number of anilines is 1. The Kier molecular flexibility index (Phi) is 18.9. The Morgan fingerprint density at radius 1 is 0.607 bits per heavy atom. The first-order valence-electron chi connectivity index (χ1n) is 19.6. The number of hydrogen-bond acceptors (Lipinski definition) is 2. The molecule has 3 nitrogen and oxygen atoms in total. The number of alkyl halides is 11. The van der Waals surface area contributed by atoms with Gasteiger partial charge in [-0.15, -0.1) is 0 Å². The third kappa shape index (κ3) is 15.8. The standard InChI is InChI=1S/C35H66F11NO2Si7/c1-50(2)25-55(11,26-51(3)4)23-24-56(12,27-52(5)6)28-54(9,10)22-21-53(7,8)20-16-19-47(29-17-14-13-15-18-29)30(48)31(36,33(39,40)41)49-35(45,46)32(37,38)34(42,43)44/h13-15,17-18,50-52H,16,19-28H2,1-12H3. The highest BCUT2D eigenvalue weighted by Gasteiger charge is 2.80. The number of hydrogen-bond donors (Lipinski definition) is 0. The average Bonchev–Trinajstić information content (AvgIpc) is 2.98. The summed E-state index contributed by atoms with van der Waals surface area (Å²) >= 11 is 0. The summed E-state index contributed by atoms with van der Waals surface area (Å²) in [6.45, 7) is 28.5. The fraction of sp³-hybridized carbons (Fsp3) is 0.800. The maximum atomic E-state index is 15.5. The molecule has 0 aliphatic heterocycles. The number of nitrogens with zero attached hydrogens (tertiary/aromatic N) is 1. The van der Waals surface area contributed by atoms with E-state index in [-0.39, 0.29) is 11.3 Å². The van der Waals surface area contributed by atoms with Crippen LogP contribution < -0.4 is 4.90 Å². The van der Waals surface area contributed by atoms with Crippen LogP contribution in [-0.2, 0) is 9.53 Å².